The van der Waals surface area contributed by atoms with Crippen molar-refractivity contribution in [3.8, 4) is 0 Å². The third kappa shape index (κ3) is 3.28. The predicted molar refractivity (Wildman–Crippen MR) is 53.6 cm³/mol. The van der Waals surface area contributed by atoms with E-state index in [1.807, 2.05) is 0 Å². The molecule has 0 saturated carbocycles. The number of hydrogen-bond acceptors (Lipinski definition) is 2. The lowest BCUT2D eigenvalue weighted by Crippen LogP contribution is -2.26. The molecule has 13 heavy (non-hydrogen) atoms. The van der Waals surface area contributed by atoms with E-state index in [0.717, 1.165) is 19.4 Å². The minimum absolute atomic E-state index is 0.0774. The van der Waals surface area contributed by atoms with Crippen LogP contribution in [0.25, 0.3) is 0 Å². The van der Waals surface area contributed by atoms with Crippen molar-refractivity contribution in [2.24, 2.45) is 11.8 Å². The fourth-order valence-electron chi connectivity index (χ4n) is 2.40. The molecule has 1 aliphatic heterocycles. The van der Waals surface area contributed by atoms with E-state index in [0.29, 0.717) is 18.4 Å². The van der Waals surface area contributed by atoms with Gasteiger partial charge >= 0.3 is 0 Å². The number of rotatable bonds is 4. The molecule has 1 N–H and O–H groups in total. The lowest BCUT2D eigenvalue weighted by molar-refractivity contribution is -0.000864. The zero-order valence-electron chi connectivity index (χ0n) is 9.05. The molecule has 78 valence electrons. The largest absolute Gasteiger partial charge is 0.396 e. The first-order valence-corrected chi connectivity index (χ1v) is 5.30. The summed E-state index contributed by atoms with van der Waals surface area (Å²) < 4.78 is 5.79. The maximum Gasteiger partial charge on any atom is 0.0660 e. The fraction of sp³-hybridized carbons (Fsp3) is 1.00. The molecule has 2 nitrogen and oxygen atoms in total. The molecule has 0 aromatic rings. The Morgan fingerprint density at radius 3 is 2.77 bits per heavy atom. The molecule has 0 aromatic heterocycles. The molecule has 1 fully saturated rings. The van der Waals surface area contributed by atoms with Crippen LogP contribution in [0.5, 0.6) is 0 Å². The molecule has 0 aromatic carbocycles. The topological polar surface area (TPSA) is 29.5 Å². The number of ether oxygens (including phenoxy) is 1. The molecule has 0 aliphatic carbocycles. The summed E-state index contributed by atoms with van der Waals surface area (Å²) in [7, 11) is 0. The van der Waals surface area contributed by atoms with Gasteiger partial charge in [0.25, 0.3) is 0 Å². The van der Waals surface area contributed by atoms with E-state index in [1.54, 1.807) is 0 Å². The molecule has 3 unspecified atom stereocenters. The average molecular weight is 186 g/mol. The van der Waals surface area contributed by atoms with Gasteiger partial charge in [0.1, 0.15) is 0 Å². The molecule has 0 bridgehead atoms. The average Bonchev–Trinajstić information content (AvgIpc) is 2.30. The zero-order chi connectivity index (χ0) is 9.90. The van der Waals surface area contributed by atoms with E-state index >= 15 is 0 Å². The maximum absolute atomic E-state index is 8.81. The lowest BCUT2D eigenvalue weighted by Gasteiger charge is -2.26. The standard InChI is InChI=1S/C11H22O2/c1-9(4-5-12)6-11(3)7-10(2)8-13-11/h9-10,12H,4-8H2,1-3H3. The first kappa shape index (κ1) is 11.0. The minimum atomic E-state index is 0.0774. The summed E-state index contributed by atoms with van der Waals surface area (Å²) in [6.07, 6.45) is 3.15. The third-order valence-corrected chi connectivity index (χ3v) is 2.90. The van der Waals surface area contributed by atoms with Crippen LogP contribution in [0.15, 0.2) is 0 Å². The zero-order valence-corrected chi connectivity index (χ0v) is 9.05. The monoisotopic (exact) mass is 186 g/mol. The SMILES string of the molecule is CC(CCO)CC1(C)CC(C)CO1. The number of aliphatic hydroxyl groups is 1. The quantitative estimate of drug-likeness (QED) is 0.729. The van der Waals surface area contributed by atoms with Gasteiger partial charge in [-0.1, -0.05) is 13.8 Å². The predicted octanol–water partition coefficient (Wildman–Crippen LogP) is 2.21. The number of hydrogen-bond donors (Lipinski definition) is 1. The van der Waals surface area contributed by atoms with Crippen LogP contribution in [0.3, 0.4) is 0 Å². The Bertz CT molecular complexity index is 158. The van der Waals surface area contributed by atoms with Gasteiger partial charge in [-0.25, -0.2) is 0 Å². The van der Waals surface area contributed by atoms with Crippen molar-refractivity contribution >= 4 is 0 Å². The molecule has 1 rings (SSSR count). The Balaban J connectivity index is 2.34. The summed E-state index contributed by atoms with van der Waals surface area (Å²) in [4.78, 5) is 0. The Labute approximate surface area is 81.3 Å². The second-order valence-electron chi connectivity index (χ2n) is 4.89. The van der Waals surface area contributed by atoms with Gasteiger partial charge < -0.3 is 9.84 Å². The lowest BCUT2D eigenvalue weighted by atomic mass is 9.87. The summed E-state index contributed by atoms with van der Waals surface area (Å²) in [6.45, 7) is 7.83. The van der Waals surface area contributed by atoms with E-state index < -0.39 is 0 Å². The van der Waals surface area contributed by atoms with Crippen LogP contribution >= 0.6 is 0 Å². The molecule has 1 saturated heterocycles. The molecule has 0 amide bonds. The van der Waals surface area contributed by atoms with Gasteiger partial charge in [-0.2, -0.15) is 0 Å². The van der Waals surface area contributed by atoms with E-state index in [2.05, 4.69) is 20.8 Å². The van der Waals surface area contributed by atoms with Crippen molar-refractivity contribution in [1.82, 2.24) is 0 Å². The smallest absolute Gasteiger partial charge is 0.0660 e. The highest BCUT2D eigenvalue weighted by atomic mass is 16.5. The molecule has 0 spiro atoms. The summed E-state index contributed by atoms with van der Waals surface area (Å²) in [5, 5.41) is 8.81. The third-order valence-electron chi connectivity index (χ3n) is 2.90. The van der Waals surface area contributed by atoms with E-state index in [4.69, 9.17) is 9.84 Å². The highest BCUT2D eigenvalue weighted by molar-refractivity contribution is 4.84. The summed E-state index contributed by atoms with van der Waals surface area (Å²) in [6, 6.07) is 0. The van der Waals surface area contributed by atoms with Crippen LogP contribution in [0.2, 0.25) is 0 Å². The van der Waals surface area contributed by atoms with Crippen LogP contribution in [0.4, 0.5) is 0 Å². The second-order valence-corrected chi connectivity index (χ2v) is 4.89. The van der Waals surface area contributed by atoms with Crippen LogP contribution in [0, 0.1) is 11.8 Å². The van der Waals surface area contributed by atoms with Crippen molar-refractivity contribution in [2.45, 2.75) is 45.6 Å². The molecule has 3 atom stereocenters. The molecular weight excluding hydrogens is 164 g/mol. The van der Waals surface area contributed by atoms with Gasteiger partial charge in [0, 0.05) is 13.2 Å². The van der Waals surface area contributed by atoms with Crippen molar-refractivity contribution < 1.29 is 9.84 Å². The van der Waals surface area contributed by atoms with Gasteiger partial charge in [0.15, 0.2) is 0 Å². The molecular formula is C11H22O2. The number of aliphatic hydroxyl groups excluding tert-OH is 1. The van der Waals surface area contributed by atoms with Gasteiger partial charge in [-0.15, -0.1) is 0 Å². The van der Waals surface area contributed by atoms with Gasteiger partial charge in [0.05, 0.1) is 5.60 Å². The van der Waals surface area contributed by atoms with Crippen molar-refractivity contribution in [3.63, 3.8) is 0 Å². The first-order chi connectivity index (χ1) is 6.06. The second kappa shape index (κ2) is 4.43. The highest BCUT2D eigenvalue weighted by Gasteiger charge is 2.34. The van der Waals surface area contributed by atoms with Gasteiger partial charge in [-0.3, -0.25) is 0 Å². The minimum Gasteiger partial charge on any atom is -0.396 e. The van der Waals surface area contributed by atoms with E-state index in [-0.39, 0.29) is 5.60 Å². The highest BCUT2D eigenvalue weighted by Crippen LogP contribution is 2.35. The normalized spacial score (nSPS) is 36.5. The van der Waals surface area contributed by atoms with E-state index in [9.17, 15) is 0 Å². The maximum atomic E-state index is 8.81. The Morgan fingerprint density at radius 2 is 2.31 bits per heavy atom. The van der Waals surface area contributed by atoms with E-state index in [1.165, 1.54) is 6.42 Å². The summed E-state index contributed by atoms with van der Waals surface area (Å²) >= 11 is 0. The van der Waals surface area contributed by atoms with Crippen molar-refractivity contribution in [3.05, 3.63) is 0 Å². The van der Waals surface area contributed by atoms with Crippen LogP contribution < -0.4 is 0 Å². The fourth-order valence-corrected chi connectivity index (χ4v) is 2.40. The molecule has 2 heteroatoms. The van der Waals surface area contributed by atoms with Crippen LogP contribution in [-0.2, 0) is 4.74 Å². The van der Waals surface area contributed by atoms with Crippen LogP contribution in [0.1, 0.15) is 40.0 Å². The van der Waals surface area contributed by atoms with Crippen LogP contribution in [-0.4, -0.2) is 23.9 Å². The Hall–Kier alpha value is -0.0800. The molecule has 1 heterocycles. The first-order valence-electron chi connectivity index (χ1n) is 5.30. The Kier molecular flexibility index (Phi) is 3.74. The molecule has 0 radical (unpaired) electrons. The summed E-state index contributed by atoms with van der Waals surface area (Å²) in [5.41, 5.74) is 0.0774. The molecule has 1 aliphatic rings. The van der Waals surface area contributed by atoms with Gasteiger partial charge in [-0.05, 0) is 38.0 Å². The van der Waals surface area contributed by atoms with Crippen molar-refractivity contribution in [1.29, 1.82) is 0 Å². The summed E-state index contributed by atoms with van der Waals surface area (Å²) in [5.74, 6) is 1.27. The Morgan fingerprint density at radius 1 is 1.62 bits per heavy atom. The van der Waals surface area contributed by atoms with Gasteiger partial charge in [0.2, 0.25) is 0 Å². The van der Waals surface area contributed by atoms with Crippen molar-refractivity contribution in [2.75, 3.05) is 13.2 Å².